The highest BCUT2D eigenvalue weighted by Gasteiger charge is 1.95. The molecule has 0 amide bonds. The first-order chi connectivity index (χ1) is 6.84. The maximum atomic E-state index is 5.81. The molecule has 4 heteroatoms. The van der Waals surface area contributed by atoms with Gasteiger partial charge in [-0.05, 0) is 17.5 Å². The van der Waals surface area contributed by atoms with Crippen molar-refractivity contribution in [1.82, 2.24) is 4.98 Å². The quantitative estimate of drug-likeness (QED) is 0.865. The molecular formula is C10H9ClN2S. The third kappa shape index (κ3) is 2.47. The minimum atomic E-state index is 0.654. The molecule has 2 rings (SSSR count). The van der Waals surface area contributed by atoms with E-state index < -0.39 is 0 Å². The summed E-state index contributed by atoms with van der Waals surface area (Å²) < 4.78 is 0. The number of pyridine rings is 1. The summed E-state index contributed by atoms with van der Waals surface area (Å²) >= 11 is 7.54. The van der Waals surface area contributed by atoms with Crippen LogP contribution in [0.2, 0.25) is 5.02 Å². The van der Waals surface area contributed by atoms with E-state index in [1.165, 1.54) is 4.88 Å². The van der Waals surface area contributed by atoms with Crippen LogP contribution in [-0.4, -0.2) is 4.98 Å². The molecule has 0 unspecified atom stereocenters. The molecule has 2 aromatic heterocycles. The van der Waals surface area contributed by atoms with Crippen molar-refractivity contribution in [2.24, 2.45) is 0 Å². The molecule has 0 aliphatic carbocycles. The molecule has 0 aliphatic heterocycles. The van der Waals surface area contributed by atoms with Crippen LogP contribution in [0.3, 0.4) is 0 Å². The molecule has 0 radical (unpaired) electrons. The van der Waals surface area contributed by atoms with E-state index in [9.17, 15) is 0 Å². The summed E-state index contributed by atoms with van der Waals surface area (Å²) in [6, 6.07) is 6.00. The van der Waals surface area contributed by atoms with Crippen molar-refractivity contribution in [3.05, 3.63) is 45.9 Å². The number of rotatable bonds is 3. The summed E-state index contributed by atoms with van der Waals surface area (Å²) in [6.07, 6.45) is 3.39. The van der Waals surface area contributed by atoms with Crippen molar-refractivity contribution in [2.75, 3.05) is 5.32 Å². The summed E-state index contributed by atoms with van der Waals surface area (Å²) in [7, 11) is 0. The van der Waals surface area contributed by atoms with Crippen molar-refractivity contribution < 1.29 is 0 Å². The zero-order valence-electron chi connectivity index (χ0n) is 7.40. The van der Waals surface area contributed by atoms with Crippen molar-refractivity contribution in [3.8, 4) is 0 Å². The largest absolute Gasteiger partial charge is 0.379 e. The van der Waals surface area contributed by atoms with Gasteiger partial charge in [-0.3, -0.25) is 4.98 Å². The lowest BCUT2D eigenvalue weighted by Gasteiger charge is -2.03. The fourth-order valence-electron chi connectivity index (χ4n) is 1.11. The van der Waals surface area contributed by atoms with Crippen LogP contribution in [0.5, 0.6) is 0 Å². The highest BCUT2D eigenvalue weighted by Crippen LogP contribution is 2.15. The number of nitrogens with zero attached hydrogens (tertiary/aromatic N) is 1. The van der Waals surface area contributed by atoms with Gasteiger partial charge in [0, 0.05) is 17.6 Å². The lowest BCUT2D eigenvalue weighted by Crippen LogP contribution is -1.97. The van der Waals surface area contributed by atoms with Crippen molar-refractivity contribution in [3.63, 3.8) is 0 Å². The van der Waals surface area contributed by atoms with Gasteiger partial charge in [0.05, 0.1) is 16.9 Å². The Kier molecular flexibility index (Phi) is 3.01. The van der Waals surface area contributed by atoms with Crippen LogP contribution in [0.4, 0.5) is 5.69 Å². The van der Waals surface area contributed by atoms with E-state index in [1.807, 2.05) is 12.1 Å². The number of nitrogens with one attached hydrogen (secondary N) is 1. The van der Waals surface area contributed by atoms with Crippen molar-refractivity contribution in [2.45, 2.75) is 6.54 Å². The summed E-state index contributed by atoms with van der Waals surface area (Å²) in [6.45, 7) is 0.819. The van der Waals surface area contributed by atoms with Crippen LogP contribution >= 0.6 is 22.9 Å². The zero-order valence-corrected chi connectivity index (χ0v) is 8.98. The monoisotopic (exact) mass is 224 g/mol. The maximum absolute atomic E-state index is 5.81. The van der Waals surface area contributed by atoms with E-state index in [-0.39, 0.29) is 0 Å². The number of hydrogen-bond donors (Lipinski definition) is 1. The average Bonchev–Trinajstić information content (AvgIpc) is 2.67. The van der Waals surface area contributed by atoms with Gasteiger partial charge in [-0.1, -0.05) is 17.7 Å². The molecule has 14 heavy (non-hydrogen) atoms. The Morgan fingerprint density at radius 3 is 3.07 bits per heavy atom. The lowest BCUT2D eigenvalue weighted by atomic mass is 10.4. The molecule has 0 fully saturated rings. The van der Waals surface area contributed by atoms with Gasteiger partial charge < -0.3 is 5.32 Å². The third-order valence-electron chi connectivity index (χ3n) is 1.75. The average molecular weight is 225 g/mol. The maximum Gasteiger partial charge on any atom is 0.0609 e. The van der Waals surface area contributed by atoms with Crippen LogP contribution in [0, 0.1) is 0 Å². The lowest BCUT2D eigenvalue weighted by molar-refractivity contribution is 1.17. The van der Waals surface area contributed by atoms with Gasteiger partial charge in [0.1, 0.15) is 0 Å². The smallest absolute Gasteiger partial charge is 0.0609 e. The van der Waals surface area contributed by atoms with E-state index in [2.05, 4.69) is 21.7 Å². The fraction of sp³-hybridized carbons (Fsp3) is 0.100. The molecule has 0 spiro atoms. The van der Waals surface area contributed by atoms with Crippen LogP contribution in [-0.2, 0) is 6.54 Å². The van der Waals surface area contributed by atoms with E-state index in [0.29, 0.717) is 5.02 Å². The third-order valence-corrected chi connectivity index (χ3v) is 2.83. The second-order valence-electron chi connectivity index (χ2n) is 2.82. The predicted octanol–water partition coefficient (Wildman–Crippen LogP) is 3.41. The van der Waals surface area contributed by atoms with E-state index >= 15 is 0 Å². The van der Waals surface area contributed by atoms with Gasteiger partial charge in [-0.15, -0.1) is 11.3 Å². The van der Waals surface area contributed by atoms with Crippen LogP contribution < -0.4 is 5.32 Å². The van der Waals surface area contributed by atoms with Gasteiger partial charge in [0.15, 0.2) is 0 Å². The number of aromatic nitrogens is 1. The van der Waals surface area contributed by atoms with Crippen molar-refractivity contribution in [1.29, 1.82) is 0 Å². The molecular weight excluding hydrogens is 216 g/mol. The Balaban J connectivity index is 1.98. The zero-order chi connectivity index (χ0) is 9.80. The Morgan fingerprint density at radius 1 is 1.43 bits per heavy atom. The minimum Gasteiger partial charge on any atom is -0.379 e. The molecule has 0 saturated carbocycles. The molecule has 0 aromatic carbocycles. The topological polar surface area (TPSA) is 24.9 Å². The molecule has 0 atom stereocenters. The summed E-state index contributed by atoms with van der Waals surface area (Å²) in [5, 5.41) is 5.97. The fourth-order valence-corrected chi connectivity index (χ4v) is 1.93. The number of hydrogen-bond acceptors (Lipinski definition) is 3. The van der Waals surface area contributed by atoms with Gasteiger partial charge in [0.2, 0.25) is 0 Å². The summed E-state index contributed by atoms with van der Waals surface area (Å²) in [5.41, 5.74) is 0.950. The first-order valence-corrected chi connectivity index (χ1v) is 5.47. The Morgan fingerprint density at radius 2 is 2.36 bits per heavy atom. The molecule has 2 heterocycles. The predicted molar refractivity (Wildman–Crippen MR) is 60.9 cm³/mol. The highest BCUT2D eigenvalue weighted by molar-refractivity contribution is 7.09. The Bertz CT molecular complexity index is 400. The first kappa shape index (κ1) is 9.49. The van der Waals surface area contributed by atoms with E-state index in [4.69, 9.17) is 11.6 Å². The van der Waals surface area contributed by atoms with Crippen LogP contribution in [0.1, 0.15) is 4.88 Å². The first-order valence-electron chi connectivity index (χ1n) is 4.21. The molecule has 0 saturated heterocycles. The van der Waals surface area contributed by atoms with E-state index in [0.717, 1.165) is 12.2 Å². The molecule has 2 aromatic rings. The molecule has 72 valence electrons. The normalized spacial score (nSPS) is 10.1. The number of halogens is 1. The molecule has 0 aliphatic rings. The summed E-state index contributed by atoms with van der Waals surface area (Å²) in [5.74, 6) is 0. The molecule has 0 bridgehead atoms. The second-order valence-corrected chi connectivity index (χ2v) is 4.29. The van der Waals surface area contributed by atoms with Crippen LogP contribution in [0.25, 0.3) is 0 Å². The molecule has 1 N–H and O–H groups in total. The van der Waals surface area contributed by atoms with Gasteiger partial charge in [0.25, 0.3) is 0 Å². The Labute approximate surface area is 91.6 Å². The Hall–Kier alpha value is -1.06. The second kappa shape index (κ2) is 4.44. The van der Waals surface area contributed by atoms with Crippen molar-refractivity contribution >= 4 is 28.6 Å². The number of thiophene rings is 1. The SMILES string of the molecule is Clc1cncc(NCc2cccs2)c1. The van der Waals surface area contributed by atoms with Gasteiger partial charge in [-0.2, -0.15) is 0 Å². The number of anilines is 1. The minimum absolute atomic E-state index is 0.654. The van der Waals surface area contributed by atoms with Crippen LogP contribution in [0.15, 0.2) is 36.0 Å². The van der Waals surface area contributed by atoms with Gasteiger partial charge >= 0.3 is 0 Å². The summed E-state index contributed by atoms with van der Waals surface area (Å²) in [4.78, 5) is 5.29. The highest BCUT2D eigenvalue weighted by atomic mass is 35.5. The standard InChI is InChI=1S/C10H9ClN2S/c11-8-4-9(6-12-5-8)13-7-10-2-1-3-14-10/h1-6,13H,7H2. The van der Waals surface area contributed by atoms with E-state index in [1.54, 1.807) is 23.7 Å². The van der Waals surface area contributed by atoms with Gasteiger partial charge in [-0.25, -0.2) is 0 Å². The molecule has 2 nitrogen and oxygen atoms in total.